The lowest BCUT2D eigenvalue weighted by atomic mass is 10.1. The molecule has 142 valence electrons. The van der Waals surface area contributed by atoms with E-state index in [4.69, 9.17) is 14.1 Å². The number of nitrogens with zero attached hydrogens (tertiary/aromatic N) is 4. The highest BCUT2D eigenvalue weighted by Gasteiger charge is 2.25. The van der Waals surface area contributed by atoms with Gasteiger partial charge in [0.1, 0.15) is 24.0 Å². The third kappa shape index (κ3) is 3.98. The van der Waals surface area contributed by atoms with Crippen LogP contribution in [0.15, 0.2) is 52.1 Å². The number of nitrogens with one attached hydrogen (secondary N) is 1. The molecule has 1 aliphatic rings. The average Bonchev–Trinajstić information content (AvgIpc) is 3.31. The van der Waals surface area contributed by atoms with Crippen molar-refractivity contribution in [1.82, 2.24) is 20.0 Å². The van der Waals surface area contributed by atoms with E-state index in [0.717, 1.165) is 47.9 Å². The van der Waals surface area contributed by atoms with Gasteiger partial charge in [0.2, 0.25) is 0 Å². The number of hydrogen-bond acceptors (Lipinski definition) is 4. The number of rotatable bonds is 4. The molecule has 1 saturated heterocycles. The highest BCUT2D eigenvalue weighted by molar-refractivity contribution is 5.80. The SMILES string of the molecule is CCNC(=NCc1cc2ccccc2o1)N1CCOC(c2cnn(C)c2)C1. The largest absolute Gasteiger partial charge is 0.459 e. The maximum absolute atomic E-state index is 5.94. The van der Waals surface area contributed by atoms with Crippen LogP contribution in [0.25, 0.3) is 11.0 Å². The summed E-state index contributed by atoms with van der Waals surface area (Å²) in [5.74, 6) is 1.75. The van der Waals surface area contributed by atoms with Crippen molar-refractivity contribution in [2.45, 2.75) is 19.6 Å². The second-order valence-corrected chi connectivity index (χ2v) is 6.67. The molecule has 0 spiro atoms. The van der Waals surface area contributed by atoms with Crippen molar-refractivity contribution < 1.29 is 9.15 Å². The first kappa shape index (κ1) is 17.6. The molecule has 1 atom stereocenters. The van der Waals surface area contributed by atoms with Crippen LogP contribution in [-0.4, -0.2) is 46.9 Å². The number of aliphatic imine (C=N–C) groups is 1. The molecule has 0 aliphatic carbocycles. The normalized spacial score (nSPS) is 18.2. The standard InChI is InChI=1S/C20H25N5O2/c1-3-21-20(22-12-17-10-15-6-4-5-7-18(15)27-17)25-8-9-26-19(14-25)16-11-23-24(2)13-16/h4-7,10-11,13,19H,3,8-9,12,14H2,1-2H3,(H,21,22). The fraction of sp³-hybridized carbons (Fsp3) is 0.400. The maximum Gasteiger partial charge on any atom is 0.194 e. The summed E-state index contributed by atoms with van der Waals surface area (Å²) >= 11 is 0. The molecule has 0 amide bonds. The number of morpholine rings is 1. The van der Waals surface area contributed by atoms with Gasteiger partial charge in [-0.3, -0.25) is 4.68 Å². The molecule has 4 rings (SSSR count). The van der Waals surface area contributed by atoms with Gasteiger partial charge in [0, 0.05) is 37.3 Å². The number of para-hydroxylation sites is 1. The highest BCUT2D eigenvalue weighted by Crippen LogP contribution is 2.22. The van der Waals surface area contributed by atoms with E-state index < -0.39 is 0 Å². The monoisotopic (exact) mass is 367 g/mol. The Kier molecular flexibility index (Phi) is 5.11. The Morgan fingerprint density at radius 1 is 1.37 bits per heavy atom. The summed E-state index contributed by atoms with van der Waals surface area (Å²) in [6, 6.07) is 10.1. The Balaban J connectivity index is 1.49. The van der Waals surface area contributed by atoms with Crippen molar-refractivity contribution in [3.05, 3.63) is 54.0 Å². The van der Waals surface area contributed by atoms with Gasteiger partial charge in [0.05, 0.1) is 19.3 Å². The van der Waals surface area contributed by atoms with Gasteiger partial charge in [-0.1, -0.05) is 18.2 Å². The Labute approximate surface area is 158 Å². The summed E-state index contributed by atoms with van der Waals surface area (Å²) in [6.45, 7) is 5.62. The lowest BCUT2D eigenvalue weighted by Gasteiger charge is -2.34. The van der Waals surface area contributed by atoms with E-state index in [-0.39, 0.29) is 6.10 Å². The molecular weight excluding hydrogens is 342 g/mol. The number of guanidine groups is 1. The van der Waals surface area contributed by atoms with Gasteiger partial charge >= 0.3 is 0 Å². The van der Waals surface area contributed by atoms with E-state index in [2.05, 4.69) is 34.4 Å². The highest BCUT2D eigenvalue weighted by atomic mass is 16.5. The predicted octanol–water partition coefficient (Wildman–Crippen LogP) is 2.71. The molecule has 0 saturated carbocycles. The fourth-order valence-electron chi connectivity index (χ4n) is 3.34. The summed E-state index contributed by atoms with van der Waals surface area (Å²) in [5, 5.41) is 8.75. The lowest BCUT2D eigenvalue weighted by Crippen LogP contribution is -2.48. The number of ether oxygens (including phenoxy) is 1. The van der Waals surface area contributed by atoms with E-state index in [1.807, 2.05) is 37.6 Å². The molecule has 1 aliphatic heterocycles. The van der Waals surface area contributed by atoms with Crippen molar-refractivity contribution in [3.63, 3.8) is 0 Å². The van der Waals surface area contributed by atoms with Gasteiger partial charge in [-0.25, -0.2) is 4.99 Å². The van der Waals surface area contributed by atoms with Crippen LogP contribution < -0.4 is 5.32 Å². The molecule has 1 fully saturated rings. The van der Waals surface area contributed by atoms with Crippen molar-refractivity contribution in [3.8, 4) is 0 Å². The van der Waals surface area contributed by atoms with Crippen LogP contribution in [0.1, 0.15) is 24.4 Å². The Hall–Kier alpha value is -2.80. The van der Waals surface area contributed by atoms with Crippen LogP contribution in [0.5, 0.6) is 0 Å². The third-order valence-corrected chi connectivity index (χ3v) is 4.66. The van der Waals surface area contributed by atoms with Gasteiger partial charge in [-0.2, -0.15) is 5.10 Å². The van der Waals surface area contributed by atoms with Crippen LogP contribution in [0.2, 0.25) is 0 Å². The van der Waals surface area contributed by atoms with Gasteiger partial charge in [0.15, 0.2) is 5.96 Å². The van der Waals surface area contributed by atoms with Crippen molar-refractivity contribution in [1.29, 1.82) is 0 Å². The Morgan fingerprint density at radius 2 is 2.26 bits per heavy atom. The molecule has 0 radical (unpaired) electrons. The topological polar surface area (TPSA) is 67.8 Å². The average molecular weight is 367 g/mol. The van der Waals surface area contributed by atoms with Crippen molar-refractivity contribution >= 4 is 16.9 Å². The number of aryl methyl sites for hydroxylation is 1. The zero-order valence-corrected chi connectivity index (χ0v) is 15.8. The summed E-state index contributed by atoms with van der Waals surface area (Å²) in [6.07, 6.45) is 3.88. The van der Waals surface area contributed by atoms with Gasteiger partial charge < -0.3 is 19.4 Å². The van der Waals surface area contributed by atoms with E-state index in [9.17, 15) is 0 Å². The quantitative estimate of drug-likeness (QED) is 0.567. The zero-order valence-electron chi connectivity index (χ0n) is 15.8. The summed E-state index contributed by atoms with van der Waals surface area (Å²) in [4.78, 5) is 7.04. The fourth-order valence-corrected chi connectivity index (χ4v) is 3.34. The predicted molar refractivity (Wildman–Crippen MR) is 105 cm³/mol. The second kappa shape index (κ2) is 7.84. The minimum atomic E-state index is 0.00232. The second-order valence-electron chi connectivity index (χ2n) is 6.67. The van der Waals surface area contributed by atoms with Crippen LogP contribution in [0, 0.1) is 0 Å². The summed E-state index contributed by atoms with van der Waals surface area (Å²) < 4.78 is 13.6. The molecule has 3 heterocycles. The minimum absolute atomic E-state index is 0.00232. The summed E-state index contributed by atoms with van der Waals surface area (Å²) in [5.41, 5.74) is 1.99. The number of benzene rings is 1. The molecule has 7 heteroatoms. The molecular formula is C20H25N5O2. The van der Waals surface area contributed by atoms with Gasteiger partial charge in [-0.05, 0) is 19.1 Å². The molecule has 1 unspecified atom stereocenters. The first-order valence-corrected chi connectivity index (χ1v) is 9.34. The van der Waals surface area contributed by atoms with Crippen LogP contribution in [0.3, 0.4) is 0 Å². The molecule has 7 nitrogen and oxygen atoms in total. The molecule has 27 heavy (non-hydrogen) atoms. The Bertz CT molecular complexity index is 896. The van der Waals surface area contributed by atoms with Crippen LogP contribution in [0.4, 0.5) is 0 Å². The van der Waals surface area contributed by atoms with E-state index in [1.54, 1.807) is 4.68 Å². The number of hydrogen-bond donors (Lipinski definition) is 1. The van der Waals surface area contributed by atoms with E-state index >= 15 is 0 Å². The lowest BCUT2D eigenvalue weighted by molar-refractivity contribution is -0.00806. The molecule has 3 aromatic rings. The van der Waals surface area contributed by atoms with E-state index in [1.165, 1.54) is 0 Å². The number of furan rings is 1. The van der Waals surface area contributed by atoms with Crippen LogP contribution in [-0.2, 0) is 18.3 Å². The minimum Gasteiger partial charge on any atom is -0.459 e. The first-order chi connectivity index (χ1) is 13.2. The van der Waals surface area contributed by atoms with Crippen molar-refractivity contribution in [2.75, 3.05) is 26.2 Å². The maximum atomic E-state index is 5.94. The van der Waals surface area contributed by atoms with E-state index in [0.29, 0.717) is 13.2 Å². The molecule has 1 N–H and O–H groups in total. The Morgan fingerprint density at radius 3 is 3.04 bits per heavy atom. The molecule has 0 bridgehead atoms. The first-order valence-electron chi connectivity index (χ1n) is 9.34. The third-order valence-electron chi connectivity index (χ3n) is 4.66. The number of fused-ring (bicyclic) bond motifs is 1. The van der Waals surface area contributed by atoms with Gasteiger partial charge in [0.25, 0.3) is 0 Å². The number of aromatic nitrogens is 2. The zero-order chi connectivity index (χ0) is 18.6. The van der Waals surface area contributed by atoms with Crippen LogP contribution >= 0.6 is 0 Å². The smallest absolute Gasteiger partial charge is 0.194 e. The molecule has 2 aromatic heterocycles. The van der Waals surface area contributed by atoms with Gasteiger partial charge in [-0.15, -0.1) is 0 Å². The molecule has 1 aromatic carbocycles. The summed E-state index contributed by atoms with van der Waals surface area (Å²) in [7, 11) is 1.92. The van der Waals surface area contributed by atoms with Crippen molar-refractivity contribution in [2.24, 2.45) is 12.0 Å².